The van der Waals surface area contributed by atoms with E-state index in [-0.39, 0.29) is 11.1 Å². The third kappa shape index (κ3) is 4.80. The molecule has 3 rings (SSSR count). The SMILES string of the molecule is CO[C@H]1O[C@H](CO)[C@@H](O)[C@H](OC(=O)c2ccccc2)[C@H]1OC(=O)c1ccccc1. The number of rotatable bonds is 6. The molecule has 0 unspecified atom stereocenters. The lowest BCUT2D eigenvalue weighted by Gasteiger charge is -2.42. The fraction of sp³-hybridized carbons (Fsp3) is 0.333. The first-order valence-corrected chi connectivity index (χ1v) is 9.04. The molecule has 0 spiro atoms. The molecule has 8 nitrogen and oxygen atoms in total. The number of methoxy groups -OCH3 is 1. The summed E-state index contributed by atoms with van der Waals surface area (Å²) in [7, 11) is 1.32. The molecule has 1 heterocycles. The summed E-state index contributed by atoms with van der Waals surface area (Å²) in [6.45, 7) is -0.542. The molecule has 154 valence electrons. The fourth-order valence-electron chi connectivity index (χ4n) is 3.02. The Morgan fingerprint density at radius 3 is 1.83 bits per heavy atom. The molecular formula is C21H22O8. The molecule has 1 aliphatic heterocycles. The second kappa shape index (κ2) is 9.62. The maximum absolute atomic E-state index is 12.5. The van der Waals surface area contributed by atoms with Crippen molar-refractivity contribution in [3.8, 4) is 0 Å². The predicted octanol–water partition coefficient (Wildman–Crippen LogP) is 1.16. The summed E-state index contributed by atoms with van der Waals surface area (Å²) in [4.78, 5) is 25.1. The standard InChI is InChI=1S/C21H22O8/c1-26-21-18(29-20(25)14-10-6-3-7-11-14)17(16(23)15(12-22)27-21)28-19(24)13-8-4-2-5-9-13/h2-11,15-18,21-23H,12H2,1H3/t15-,16-,17+,18-,21+/m1/s1. The van der Waals surface area contributed by atoms with E-state index in [1.807, 2.05) is 0 Å². The van der Waals surface area contributed by atoms with Gasteiger partial charge in [0.1, 0.15) is 12.2 Å². The Balaban J connectivity index is 1.85. The van der Waals surface area contributed by atoms with Crippen molar-refractivity contribution in [2.45, 2.75) is 30.7 Å². The fourth-order valence-corrected chi connectivity index (χ4v) is 3.02. The van der Waals surface area contributed by atoms with E-state index in [2.05, 4.69) is 0 Å². The van der Waals surface area contributed by atoms with Gasteiger partial charge < -0.3 is 29.2 Å². The number of aliphatic hydroxyl groups is 2. The molecule has 1 saturated heterocycles. The van der Waals surface area contributed by atoms with E-state index in [0.717, 1.165) is 0 Å². The lowest BCUT2D eigenvalue weighted by atomic mass is 9.98. The molecule has 0 bridgehead atoms. The Bertz CT molecular complexity index is 810. The quantitative estimate of drug-likeness (QED) is 0.693. The van der Waals surface area contributed by atoms with Gasteiger partial charge in [0.05, 0.1) is 17.7 Å². The van der Waals surface area contributed by atoms with Crippen LogP contribution < -0.4 is 0 Å². The highest BCUT2D eigenvalue weighted by Crippen LogP contribution is 2.28. The average molecular weight is 402 g/mol. The van der Waals surface area contributed by atoms with Gasteiger partial charge in [0.2, 0.25) is 0 Å². The summed E-state index contributed by atoms with van der Waals surface area (Å²) in [5.41, 5.74) is 0.531. The smallest absolute Gasteiger partial charge is 0.338 e. The molecule has 0 radical (unpaired) electrons. The second-order valence-corrected chi connectivity index (χ2v) is 6.42. The molecule has 29 heavy (non-hydrogen) atoms. The van der Waals surface area contributed by atoms with Crippen LogP contribution in [0.5, 0.6) is 0 Å². The van der Waals surface area contributed by atoms with Crippen LogP contribution in [0.25, 0.3) is 0 Å². The highest BCUT2D eigenvalue weighted by Gasteiger charge is 2.50. The molecular weight excluding hydrogens is 380 g/mol. The van der Waals surface area contributed by atoms with Crippen molar-refractivity contribution < 1.29 is 38.7 Å². The largest absolute Gasteiger partial charge is 0.452 e. The molecule has 2 aromatic carbocycles. The Labute approximate surface area is 167 Å². The van der Waals surface area contributed by atoms with E-state index in [1.54, 1.807) is 60.7 Å². The van der Waals surface area contributed by atoms with E-state index in [9.17, 15) is 19.8 Å². The van der Waals surface area contributed by atoms with E-state index in [4.69, 9.17) is 18.9 Å². The van der Waals surface area contributed by atoms with Crippen molar-refractivity contribution in [3.05, 3.63) is 71.8 Å². The minimum absolute atomic E-state index is 0.258. The van der Waals surface area contributed by atoms with Gasteiger partial charge in [0.15, 0.2) is 18.5 Å². The topological polar surface area (TPSA) is 112 Å². The number of esters is 2. The van der Waals surface area contributed by atoms with Gasteiger partial charge >= 0.3 is 11.9 Å². The first-order chi connectivity index (χ1) is 14.0. The van der Waals surface area contributed by atoms with Gasteiger partial charge in [-0.05, 0) is 24.3 Å². The van der Waals surface area contributed by atoms with Gasteiger partial charge in [-0.3, -0.25) is 0 Å². The van der Waals surface area contributed by atoms with Crippen LogP contribution in [-0.2, 0) is 18.9 Å². The van der Waals surface area contributed by atoms with Crippen molar-refractivity contribution >= 4 is 11.9 Å². The van der Waals surface area contributed by atoms with Crippen molar-refractivity contribution in [2.24, 2.45) is 0 Å². The first-order valence-electron chi connectivity index (χ1n) is 9.04. The number of aliphatic hydroxyl groups excluding tert-OH is 2. The van der Waals surface area contributed by atoms with E-state index >= 15 is 0 Å². The molecule has 5 atom stereocenters. The van der Waals surface area contributed by atoms with Gasteiger partial charge in [-0.25, -0.2) is 9.59 Å². The second-order valence-electron chi connectivity index (χ2n) is 6.42. The lowest BCUT2D eigenvalue weighted by molar-refractivity contribution is -0.292. The molecule has 0 amide bonds. The first kappa shape index (κ1) is 20.9. The van der Waals surface area contributed by atoms with Crippen LogP contribution in [0.2, 0.25) is 0 Å². The minimum Gasteiger partial charge on any atom is -0.452 e. The van der Waals surface area contributed by atoms with E-state index < -0.39 is 49.3 Å². The number of ether oxygens (including phenoxy) is 4. The average Bonchev–Trinajstić information content (AvgIpc) is 2.77. The number of benzene rings is 2. The summed E-state index contributed by atoms with van der Waals surface area (Å²) >= 11 is 0. The number of hydrogen-bond donors (Lipinski definition) is 2. The minimum atomic E-state index is -1.44. The van der Waals surface area contributed by atoms with E-state index in [1.165, 1.54) is 7.11 Å². The summed E-state index contributed by atoms with van der Waals surface area (Å²) in [5.74, 6) is -1.42. The zero-order valence-corrected chi connectivity index (χ0v) is 15.7. The van der Waals surface area contributed by atoms with Crippen molar-refractivity contribution in [2.75, 3.05) is 13.7 Å². The highest BCUT2D eigenvalue weighted by atomic mass is 16.7. The maximum Gasteiger partial charge on any atom is 0.338 e. The van der Waals surface area contributed by atoms with Crippen LogP contribution in [-0.4, -0.2) is 66.6 Å². The summed E-state index contributed by atoms with van der Waals surface area (Å²) in [6.07, 6.45) is -6.24. The molecule has 2 aromatic rings. The zero-order valence-electron chi connectivity index (χ0n) is 15.7. The number of carbonyl (C=O) groups is 2. The third-order valence-electron chi connectivity index (χ3n) is 4.54. The normalized spacial score (nSPS) is 26.5. The van der Waals surface area contributed by atoms with Crippen LogP contribution in [0.15, 0.2) is 60.7 Å². The lowest BCUT2D eigenvalue weighted by Crippen LogP contribution is -2.61. The Morgan fingerprint density at radius 2 is 1.38 bits per heavy atom. The van der Waals surface area contributed by atoms with E-state index in [0.29, 0.717) is 0 Å². The van der Waals surface area contributed by atoms with Gasteiger partial charge in [0, 0.05) is 7.11 Å². The summed E-state index contributed by atoms with van der Waals surface area (Å²) < 4.78 is 21.7. The maximum atomic E-state index is 12.5. The Hall–Kier alpha value is -2.78. The molecule has 1 aliphatic rings. The summed E-state index contributed by atoms with van der Waals surface area (Å²) in [6, 6.07) is 16.4. The van der Waals surface area contributed by atoms with Crippen LogP contribution >= 0.6 is 0 Å². The monoisotopic (exact) mass is 402 g/mol. The van der Waals surface area contributed by atoms with Crippen molar-refractivity contribution in [1.82, 2.24) is 0 Å². The van der Waals surface area contributed by atoms with Crippen molar-refractivity contribution in [1.29, 1.82) is 0 Å². The Kier molecular flexibility index (Phi) is 6.95. The molecule has 8 heteroatoms. The van der Waals surface area contributed by atoms with Crippen LogP contribution in [0.3, 0.4) is 0 Å². The van der Waals surface area contributed by atoms with Crippen molar-refractivity contribution in [3.63, 3.8) is 0 Å². The molecule has 0 saturated carbocycles. The zero-order chi connectivity index (χ0) is 20.8. The van der Waals surface area contributed by atoms with Crippen LogP contribution in [0.1, 0.15) is 20.7 Å². The molecule has 0 aliphatic carbocycles. The number of hydrogen-bond acceptors (Lipinski definition) is 8. The van der Waals surface area contributed by atoms with Gasteiger partial charge in [-0.15, -0.1) is 0 Å². The van der Waals surface area contributed by atoms with Gasteiger partial charge in [-0.2, -0.15) is 0 Å². The highest BCUT2D eigenvalue weighted by molar-refractivity contribution is 5.90. The molecule has 2 N–H and O–H groups in total. The van der Waals surface area contributed by atoms with Gasteiger partial charge in [0.25, 0.3) is 0 Å². The summed E-state index contributed by atoms with van der Waals surface area (Å²) in [5, 5.41) is 20.1. The van der Waals surface area contributed by atoms with Crippen LogP contribution in [0, 0.1) is 0 Å². The predicted molar refractivity (Wildman–Crippen MR) is 100 cm³/mol. The van der Waals surface area contributed by atoms with Gasteiger partial charge in [-0.1, -0.05) is 36.4 Å². The molecule has 1 fully saturated rings. The Morgan fingerprint density at radius 1 is 0.897 bits per heavy atom. The third-order valence-corrected chi connectivity index (χ3v) is 4.54. The molecule has 0 aromatic heterocycles. The van der Waals surface area contributed by atoms with Crippen LogP contribution in [0.4, 0.5) is 0 Å². The number of carbonyl (C=O) groups excluding carboxylic acids is 2.